The summed E-state index contributed by atoms with van der Waals surface area (Å²) < 4.78 is 7.03. The van der Waals surface area contributed by atoms with Crippen molar-refractivity contribution in [2.24, 2.45) is 0 Å². The molecule has 0 aliphatic rings. The lowest BCUT2D eigenvalue weighted by molar-refractivity contribution is -0.133. The van der Waals surface area contributed by atoms with Crippen molar-refractivity contribution in [2.75, 3.05) is 5.75 Å². The summed E-state index contributed by atoms with van der Waals surface area (Å²) in [5, 5.41) is 9.48. The summed E-state index contributed by atoms with van der Waals surface area (Å²) in [6.07, 6.45) is 6.65. The normalized spacial score (nSPS) is 11.0. The molecule has 6 nitrogen and oxygen atoms in total. The van der Waals surface area contributed by atoms with Gasteiger partial charge in [-0.05, 0) is 12.1 Å². The number of pyridine rings is 1. The lowest BCUT2D eigenvalue weighted by Gasteiger charge is -2.06. The Morgan fingerprint density at radius 3 is 3.10 bits per heavy atom. The van der Waals surface area contributed by atoms with E-state index in [-0.39, 0.29) is 5.75 Å². The molecule has 0 amide bonds. The highest BCUT2D eigenvalue weighted by atomic mass is 32.2. The zero-order chi connectivity index (χ0) is 13.9. The number of hydrogen-bond acceptors (Lipinski definition) is 5. The van der Waals surface area contributed by atoms with Crippen LogP contribution in [0.5, 0.6) is 0 Å². The summed E-state index contributed by atoms with van der Waals surface area (Å²) >= 11 is 1.20. The first-order valence-electron chi connectivity index (χ1n) is 5.90. The third-order valence-electron chi connectivity index (χ3n) is 2.76. The third kappa shape index (κ3) is 2.53. The molecule has 3 aromatic rings. The lowest BCUT2D eigenvalue weighted by atomic mass is 10.3. The molecule has 0 saturated carbocycles. The largest absolute Gasteiger partial charge is 0.481 e. The molecule has 0 spiro atoms. The molecule has 102 valence electrons. The van der Waals surface area contributed by atoms with Crippen LogP contribution >= 0.6 is 11.8 Å². The number of nitrogens with zero attached hydrogens (tertiary/aromatic N) is 3. The molecule has 0 aromatic carbocycles. The summed E-state index contributed by atoms with van der Waals surface area (Å²) in [5.41, 5.74) is 2.68. The minimum atomic E-state index is -0.866. The molecule has 0 fully saturated rings. The van der Waals surface area contributed by atoms with Crippen LogP contribution in [0.1, 0.15) is 5.56 Å². The molecule has 0 atom stereocenters. The first-order chi connectivity index (χ1) is 9.74. The Morgan fingerprint density at radius 2 is 2.35 bits per heavy atom. The molecular formula is C13H11N3O3S. The summed E-state index contributed by atoms with van der Waals surface area (Å²) in [6.45, 7) is 0.582. The van der Waals surface area contributed by atoms with Crippen molar-refractivity contribution < 1.29 is 14.3 Å². The predicted octanol–water partition coefficient (Wildman–Crippen LogP) is 2.25. The monoisotopic (exact) mass is 289 g/mol. The van der Waals surface area contributed by atoms with Gasteiger partial charge in [-0.15, -0.1) is 0 Å². The van der Waals surface area contributed by atoms with Crippen LogP contribution in [0.2, 0.25) is 0 Å². The molecule has 7 heteroatoms. The van der Waals surface area contributed by atoms with Crippen LogP contribution in [-0.4, -0.2) is 31.4 Å². The number of carboxylic acids is 1. The highest BCUT2D eigenvalue weighted by molar-refractivity contribution is 7.99. The number of hydrogen-bond donors (Lipinski definition) is 1. The third-order valence-corrected chi connectivity index (χ3v) is 3.72. The SMILES string of the molecule is O=C(O)CSc1nc2cnccc2n1Cc1ccoc1. The second-order valence-electron chi connectivity index (χ2n) is 4.16. The van der Waals surface area contributed by atoms with E-state index >= 15 is 0 Å². The average Bonchev–Trinajstić information content (AvgIpc) is 3.05. The summed E-state index contributed by atoms with van der Waals surface area (Å²) in [4.78, 5) is 19.2. The molecule has 3 rings (SSSR count). The van der Waals surface area contributed by atoms with Gasteiger partial charge in [0.25, 0.3) is 0 Å². The van der Waals surface area contributed by atoms with Gasteiger partial charge in [-0.2, -0.15) is 0 Å². The Morgan fingerprint density at radius 1 is 1.45 bits per heavy atom. The predicted molar refractivity (Wildman–Crippen MR) is 73.7 cm³/mol. The molecule has 0 aliphatic carbocycles. The molecule has 3 heterocycles. The zero-order valence-corrected chi connectivity index (χ0v) is 11.2. The summed E-state index contributed by atoms with van der Waals surface area (Å²) in [7, 11) is 0. The van der Waals surface area contributed by atoms with Gasteiger partial charge in [0.1, 0.15) is 5.52 Å². The highest BCUT2D eigenvalue weighted by Gasteiger charge is 2.13. The molecule has 0 saturated heterocycles. The number of carboxylic acid groups (broad SMARTS) is 1. The number of carbonyl (C=O) groups is 1. The fourth-order valence-corrected chi connectivity index (χ4v) is 2.65. The van der Waals surface area contributed by atoms with Gasteiger partial charge in [0.2, 0.25) is 0 Å². The van der Waals surface area contributed by atoms with E-state index in [4.69, 9.17) is 9.52 Å². The summed E-state index contributed by atoms with van der Waals surface area (Å²) in [5.74, 6) is -0.891. The molecule has 0 bridgehead atoms. The second kappa shape index (κ2) is 5.38. The van der Waals surface area contributed by atoms with E-state index in [0.29, 0.717) is 11.7 Å². The van der Waals surface area contributed by atoms with Gasteiger partial charge in [0.05, 0.1) is 36.5 Å². The molecule has 0 aliphatic heterocycles. The first kappa shape index (κ1) is 12.7. The number of aromatic nitrogens is 3. The van der Waals surface area contributed by atoms with E-state index in [1.807, 2.05) is 16.7 Å². The van der Waals surface area contributed by atoms with Gasteiger partial charge in [0.15, 0.2) is 5.16 Å². The second-order valence-corrected chi connectivity index (χ2v) is 5.10. The van der Waals surface area contributed by atoms with Gasteiger partial charge < -0.3 is 14.1 Å². The number of fused-ring (bicyclic) bond motifs is 1. The van der Waals surface area contributed by atoms with Crippen molar-refractivity contribution in [1.82, 2.24) is 14.5 Å². The van der Waals surface area contributed by atoms with Gasteiger partial charge in [0, 0.05) is 11.8 Å². The van der Waals surface area contributed by atoms with Crippen molar-refractivity contribution in [3.63, 3.8) is 0 Å². The molecule has 0 unspecified atom stereocenters. The van der Waals surface area contributed by atoms with E-state index < -0.39 is 5.97 Å². The maximum atomic E-state index is 10.7. The lowest BCUT2D eigenvalue weighted by Crippen LogP contribution is -2.04. The van der Waals surface area contributed by atoms with Crippen molar-refractivity contribution in [3.05, 3.63) is 42.6 Å². The Kier molecular flexibility index (Phi) is 3.42. The van der Waals surface area contributed by atoms with Crippen molar-refractivity contribution in [1.29, 1.82) is 0 Å². The minimum absolute atomic E-state index is 0.0257. The smallest absolute Gasteiger partial charge is 0.313 e. The Balaban J connectivity index is 2.01. The first-order valence-corrected chi connectivity index (χ1v) is 6.88. The van der Waals surface area contributed by atoms with Gasteiger partial charge >= 0.3 is 5.97 Å². The van der Waals surface area contributed by atoms with Crippen LogP contribution in [0.15, 0.2) is 46.6 Å². The Labute approximate surface area is 118 Å². The maximum absolute atomic E-state index is 10.7. The topological polar surface area (TPSA) is 81.1 Å². The molecule has 3 aromatic heterocycles. The van der Waals surface area contributed by atoms with Crippen LogP contribution in [0, 0.1) is 0 Å². The van der Waals surface area contributed by atoms with E-state index in [1.165, 1.54) is 11.8 Å². The van der Waals surface area contributed by atoms with Gasteiger partial charge in [-0.3, -0.25) is 9.78 Å². The van der Waals surface area contributed by atoms with Crippen molar-refractivity contribution in [2.45, 2.75) is 11.7 Å². The fourth-order valence-electron chi connectivity index (χ4n) is 1.91. The van der Waals surface area contributed by atoms with Crippen LogP contribution in [0.3, 0.4) is 0 Å². The van der Waals surface area contributed by atoms with E-state index in [9.17, 15) is 4.79 Å². The van der Waals surface area contributed by atoms with Crippen LogP contribution in [0.4, 0.5) is 0 Å². The van der Waals surface area contributed by atoms with Crippen LogP contribution in [-0.2, 0) is 11.3 Å². The number of aliphatic carboxylic acids is 1. The maximum Gasteiger partial charge on any atom is 0.313 e. The van der Waals surface area contributed by atoms with E-state index in [1.54, 1.807) is 24.9 Å². The highest BCUT2D eigenvalue weighted by Crippen LogP contribution is 2.24. The molecule has 1 N–H and O–H groups in total. The van der Waals surface area contributed by atoms with Crippen LogP contribution in [0.25, 0.3) is 11.0 Å². The standard InChI is InChI=1S/C13H11N3O3S/c17-12(18)8-20-13-15-10-5-14-3-1-11(10)16(13)6-9-2-4-19-7-9/h1-5,7H,6,8H2,(H,17,18). The molecule has 20 heavy (non-hydrogen) atoms. The van der Waals surface area contributed by atoms with E-state index in [2.05, 4.69) is 9.97 Å². The van der Waals surface area contributed by atoms with Gasteiger partial charge in [-0.25, -0.2) is 4.98 Å². The van der Waals surface area contributed by atoms with E-state index in [0.717, 1.165) is 16.6 Å². The quantitative estimate of drug-likeness (QED) is 0.725. The number of furan rings is 1. The summed E-state index contributed by atoms with van der Waals surface area (Å²) in [6, 6.07) is 3.74. The van der Waals surface area contributed by atoms with Crippen LogP contribution < -0.4 is 0 Å². The zero-order valence-electron chi connectivity index (χ0n) is 10.4. The van der Waals surface area contributed by atoms with Gasteiger partial charge in [-0.1, -0.05) is 11.8 Å². The number of imidazole rings is 1. The Bertz CT molecular complexity index is 736. The average molecular weight is 289 g/mol. The van der Waals surface area contributed by atoms with Crippen molar-refractivity contribution >= 4 is 28.8 Å². The minimum Gasteiger partial charge on any atom is -0.481 e. The molecular weight excluding hydrogens is 278 g/mol. The number of rotatable bonds is 5. The van der Waals surface area contributed by atoms with Crippen molar-refractivity contribution in [3.8, 4) is 0 Å². The Hall–Kier alpha value is -2.28. The molecule has 0 radical (unpaired) electrons. The fraction of sp³-hybridized carbons (Fsp3) is 0.154. The number of thioether (sulfide) groups is 1.